The Hall–Kier alpha value is -2.48. The molecule has 2 aliphatic rings. The molecule has 1 atom stereocenters. The number of hydrogen-bond donors (Lipinski definition) is 0. The first-order chi connectivity index (χ1) is 12.5. The normalized spacial score (nSPS) is 21.4. The zero-order chi connectivity index (χ0) is 18.3. The van der Waals surface area contributed by atoms with Crippen LogP contribution in [0.2, 0.25) is 0 Å². The van der Waals surface area contributed by atoms with Crippen molar-refractivity contribution in [3.05, 3.63) is 51.9 Å². The maximum absolute atomic E-state index is 13.2. The molecule has 1 aromatic heterocycles. The van der Waals surface area contributed by atoms with Crippen LogP contribution >= 0.6 is 0 Å². The zero-order valence-corrected chi connectivity index (χ0v) is 14.4. The van der Waals surface area contributed by atoms with Gasteiger partial charge in [-0.2, -0.15) is 4.98 Å². The van der Waals surface area contributed by atoms with Crippen LogP contribution in [0.15, 0.2) is 29.1 Å². The van der Waals surface area contributed by atoms with E-state index in [9.17, 15) is 13.6 Å². The summed E-state index contributed by atoms with van der Waals surface area (Å²) >= 11 is 0. The Bertz CT molecular complexity index is 902. The van der Waals surface area contributed by atoms with Crippen molar-refractivity contribution in [3.8, 4) is 5.88 Å². The largest absolute Gasteiger partial charge is 0.477 e. The van der Waals surface area contributed by atoms with E-state index < -0.39 is 11.6 Å². The number of anilines is 1. The van der Waals surface area contributed by atoms with Gasteiger partial charge in [-0.3, -0.25) is 4.57 Å². The first-order valence-corrected chi connectivity index (χ1v) is 8.50. The second-order valence-corrected chi connectivity index (χ2v) is 6.87. The lowest BCUT2D eigenvalue weighted by atomic mass is 10.0. The molecule has 8 heteroatoms. The Labute approximate surface area is 149 Å². The Morgan fingerprint density at radius 1 is 1.31 bits per heavy atom. The summed E-state index contributed by atoms with van der Waals surface area (Å²) in [6.07, 6.45) is 0.382. The van der Waals surface area contributed by atoms with E-state index in [1.807, 2.05) is 0 Å². The lowest BCUT2D eigenvalue weighted by Crippen LogP contribution is -2.53. The number of halogens is 2. The predicted molar refractivity (Wildman–Crippen MR) is 90.6 cm³/mol. The summed E-state index contributed by atoms with van der Waals surface area (Å²) in [6, 6.07) is 5.49. The number of fused-ring (bicyclic) bond motifs is 3. The van der Waals surface area contributed by atoms with Gasteiger partial charge in [-0.15, -0.1) is 0 Å². The molecule has 1 saturated heterocycles. The molecule has 0 saturated carbocycles. The highest BCUT2D eigenvalue weighted by Gasteiger charge is 2.43. The van der Waals surface area contributed by atoms with Crippen molar-refractivity contribution in [1.29, 1.82) is 0 Å². The van der Waals surface area contributed by atoms with E-state index in [2.05, 4.69) is 16.8 Å². The number of benzene rings is 1. The molecule has 2 aliphatic heterocycles. The highest BCUT2D eigenvalue weighted by atomic mass is 19.2. The van der Waals surface area contributed by atoms with E-state index in [0.29, 0.717) is 38.3 Å². The average Bonchev–Trinajstić information content (AvgIpc) is 2.91. The highest BCUT2D eigenvalue weighted by Crippen LogP contribution is 2.35. The molecule has 3 heterocycles. The van der Waals surface area contributed by atoms with Gasteiger partial charge in [0.1, 0.15) is 5.82 Å². The van der Waals surface area contributed by atoms with Gasteiger partial charge in [0, 0.05) is 19.0 Å². The van der Waals surface area contributed by atoms with Gasteiger partial charge in [0.15, 0.2) is 11.6 Å². The fourth-order valence-electron chi connectivity index (χ4n) is 3.55. The lowest BCUT2D eigenvalue weighted by Gasteiger charge is -2.39. The van der Waals surface area contributed by atoms with Gasteiger partial charge < -0.3 is 14.4 Å². The molecule has 2 aromatic rings. The minimum atomic E-state index is -0.886. The quantitative estimate of drug-likeness (QED) is 0.829. The molecule has 26 heavy (non-hydrogen) atoms. The Kier molecular flexibility index (Phi) is 4.14. The van der Waals surface area contributed by atoms with E-state index in [4.69, 9.17) is 9.47 Å². The van der Waals surface area contributed by atoms with Gasteiger partial charge in [-0.05, 0) is 24.6 Å². The summed E-state index contributed by atoms with van der Waals surface area (Å²) < 4.78 is 39.0. The summed E-state index contributed by atoms with van der Waals surface area (Å²) in [5, 5.41) is 0. The van der Waals surface area contributed by atoms with Crippen LogP contribution < -0.4 is 15.3 Å². The second-order valence-electron chi connectivity index (χ2n) is 6.87. The van der Waals surface area contributed by atoms with Crippen molar-refractivity contribution in [2.45, 2.75) is 25.4 Å². The van der Waals surface area contributed by atoms with Gasteiger partial charge in [-0.1, -0.05) is 6.07 Å². The van der Waals surface area contributed by atoms with Gasteiger partial charge >= 0.3 is 5.69 Å². The van der Waals surface area contributed by atoms with Gasteiger partial charge in [-0.25, -0.2) is 13.6 Å². The minimum Gasteiger partial charge on any atom is -0.477 e. The van der Waals surface area contributed by atoms with Crippen molar-refractivity contribution < 1.29 is 18.3 Å². The number of morpholine rings is 1. The van der Waals surface area contributed by atoms with Gasteiger partial charge in [0.05, 0.1) is 31.9 Å². The number of hydrogen-bond acceptors (Lipinski definition) is 5. The summed E-state index contributed by atoms with van der Waals surface area (Å²) in [6.45, 7) is 4.67. The maximum Gasteiger partial charge on any atom is 0.352 e. The molecule has 4 rings (SSSR count). The molecular weight excluding hydrogens is 344 g/mol. The molecule has 0 N–H and O–H groups in total. The van der Waals surface area contributed by atoms with Crippen molar-refractivity contribution in [1.82, 2.24) is 9.55 Å². The first-order valence-electron chi connectivity index (χ1n) is 8.50. The van der Waals surface area contributed by atoms with E-state index in [0.717, 1.165) is 18.0 Å². The second kappa shape index (κ2) is 6.35. The Morgan fingerprint density at radius 3 is 2.96 bits per heavy atom. The molecule has 0 amide bonds. The smallest absolute Gasteiger partial charge is 0.352 e. The van der Waals surface area contributed by atoms with Crippen molar-refractivity contribution >= 4 is 5.82 Å². The van der Waals surface area contributed by atoms with Gasteiger partial charge in [0.2, 0.25) is 5.88 Å². The Morgan fingerprint density at radius 2 is 2.15 bits per heavy atom. The number of ether oxygens (including phenoxy) is 2. The number of rotatable bonds is 4. The highest BCUT2D eigenvalue weighted by molar-refractivity contribution is 5.49. The monoisotopic (exact) mass is 363 g/mol. The molecule has 1 fully saturated rings. The number of aromatic nitrogens is 2. The SMILES string of the molecule is C[C@@]12COCCN1c1cc(OCCc3ccc(F)c(F)c3)nc(=O)n1C2. The lowest BCUT2D eigenvalue weighted by molar-refractivity contribution is 0.0586. The molecule has 1 aromatic carbocycles. The van der Waals surface area contributed by atoms with Crippen LogP contribution in [0, 0.1) is 11.6 Å². The standard InChI is InChI=1S/C18H19F2N3O3/c1-18-10-22-16(23(18)5-7-25-11-18)9-15(21-17(22)24)26-6-4-12-2-3-13(19)14(20)8-12/h2-3,8-9H,4-7,10-11H2,1H3/t18-/m1/s1. The van der Waals surface area contributed by atoms with Crippen LogP contribution in [0.5, 0.6) is 5.88 Å². The third-order valence-electron chi connectivity index (χ3n) is 4.89. The fourth-order valence-corrected chi connectivity index (χ4v) is 3.55. The molecule has 0 unspecified atom stereocenters. The molecule has 0 spiro atoms. The van der Waals surface area contributed by atoms with Crippen molar-refractivity contribution in [2.24, 2.45) is 0 Å². The molecular formula is C18H19F2N3O3. The molecule has 0 bridgehead atoms. The van der Waals surface area contributed by atoms with Crippen LogP contribution in [0.1, 0.15) is 12.5 Å². The van der Waals surface area contributed by atoms with Gasteiger partial charge in [0.25, 0.3) is 0 Å². The molecule has 6 nitrogen and oxygen atoms in total. The zero-order valence-electron chi connectivity index (χ0n) is 14.4. The fraction of sp³-hybridized carbons (Fsp3) is 0.444. The molecule has 0 aliphatic carbocycles. The average molecular weight is 363 g/mol. The van der Waals surface area contributed by atoms with Crippen LogP contribution in [0.3, 0.4) is 0 Å². The Balaban J connectivity index is 1.49. The summed E-state index contributed by atoms with van der Waals surface area (Å²) in [4.78, 5) is 18.5. The van der Waals surface area contributed by atoms with Crippen LogP contribution in [-0.2, 0) is 17.7 Å². The number of nitrogens with zero attached hydrogens (tertiary/aromatic N) is 3. The van der Waals surface area contributed by atoms with E-state index in [1.165, 1.54) is 6.07 Å². The van der Waals surface area contributed by atoms with E-state index in [-0.39, 0.29) is 23.7 Å². The molecule has 0 radical (unpaired) electrons. The topological polar surface area (TPSA) is 56.6 Å². The third kappa shape index (κ3) is 2.94. The third-order valence-corrected chi connectivity index (χ3v) is 4.89. The van der Waals surface area contributed by atoms with Crippen LogP contribution in [-0.4, -0.2) is 41.5 Å². The van der Waals surface area contributed by atoms with Crippen molar-refractivity contribution in [3.63, 3.8) is 0 Å². The summed E-state index contributed by atoms with van der Waals surface area (Å²) in [5.41, 5.74) is -0.000390. The van der Waals surface area contributed by atoms with Crippen molar-refractivity contribution in [2.75, 3.05) is 31.3 Å². The maximum atomic E-state index is 13.2. The van der Waals surface area contributed by atoms with Crippen LogP contribution in [0.4, 0.5) is 14.6 Å². The first kappa shape index (κ1) is 17.0. The van der Waals surface area contributed by atoms with E-state index >= 15 is 0 Å². The summed E-state index contributed by atoms with van der Waals surface area (Å²) in [5.74, 6) is -0.752. The molecule has 138 valence electrons. The summed E-state index contributed by atoms with van der Waals surface area (Å²) in [7, 11) is 0. The van der Waals surface area contributed by atoms with Crippen LogP contribution in [0.25, 0.3) is 0 Å². The van der Waals surface area contributed by atoms with E-state index in [1.54, 1.807) is 10.6 Å². The minimum absolute atomic E-state index is 0.210. The predicted octanol–water partition coefficient (Wildman–Crippen LogP) is 1.75.